The van der Waals surface area contributed by atoms with Crippen molar-refractivity contribution >= 4 is 5.97 Å². The van der Waals surface area contributed by atoms with Gasteiger partial charge in [-0.05, 0) is 12.8 Å². The first kappa shape index (κ1) is 11.4. The molecule has 0 saturated heterocycles. The average Bonchev–Trinajstić information content (AvgIpc) is 2.04. The molecule has 0 amide bonds. The highest BCUT2D eigenvalue weighted by Crippen LogP contribution is 2.09. The highest BCUT2D eigenvalue weighted by molar-refractivity contribution is 5.69. The molecular formula is C8H16O4. The molecule has 4 heteroatoms. The van der Waals surface area contributed by atoms with E-state index in [4.69, 9.17) is 15.3 Å². The van der Waals surface area contributed by atoms with Crippen LogP contribution in [0.25, 0.3) is 0 Å². The van der Waals surface area contributed by atoms with E-state index in [9.17, 15) is 4.79 Å². The van der Waals surface area contributed by atoms with Crippen LogP contribution in [-0.4, -0.2) is 34.5 Å². The zero-order valence-electron chi connectivity index (χ0n) is 7.07. The van der Waals surface area contributed by atoms with Crippen molar-refractivity contribution in [3.8, 4) is 0 Å². The van der Waals surface area contributed by atoms with Gasteiger partial charge in [0, 0.05) is 6.61 Å². The second-order valence-corrected chi connectivity index (χ2v) is 2.79. The summed E-state index contributed by atoms with van der Waals surface area (Å²) >= 11 is 0. The van der Waals surface area contributed by atoms with E-state index in [1.807, 2.05) is 0 Å². The standard InChI is InChI=1S/C8H16O4/c9-5-3-1-2-4-7(6-10)8(11)12/h7,9-10H,1-6H2,(H,11,12). The number of aliphatic hydroxyl groups excluding tert-OH is 2. The molecule has 0 aliphatic heterocycles. The Hall–Kier alpha value is -0.610. The van der Waals surface area contributed by atoms with Crippen LogP contribution in [-0.2, 0) is 4.79 Å². The quantitative estimate of drug-likeness (QED) is 0.485. The predicted octanol–water partition coefficient (Wildman–Crippen LogP) is 0.232. The zero-order chi connectivity index (χ0) is 9.40. The monoisotopic (exact) mass is 176 g/mol. The first-order chi connectivity index (χ1) is 5.72. The SMILES string of the molecule is O=C(O)C(CO)CCCCCO. The maximum Gasteiger partial charge on any atom is 0.308 e. The summed E-state index contributed by atoms with van der Waals surface area (Å²) in [6, 6.07) is 0. The minimum absolute atomic E-state index is 0.150. The van der Waals surface area contributed by atoms with E-state index in [0.717, 1.165) is 12.8 Å². The van der Waals surface area contributed by atoms with Gasteiger partial charge in [-0.2, -0.15) is 0 Å². The molecule has 12 heavy (non-hydrogen) atoms. The first-order valence-electron chi connectivity index (χ1n) is 4.17. The molecular weight excluding hydrogens is 160 g/mol. The minimum Gasteiger partial charge on any atom is -0.481 e. The maximum absolute atomic E-state index is 10.4. The number of carboxylic acids is 1. The third-order valence-corrected chi connectivity index (χ3v) is 1.78. The summed E-state index contributed by atoms with van der Waals surface area (Å²) in [5.41, 5.74) is 0. The molecule has 0 bridgehead atoms. The molecule has 0 fully saturated rings. The molecule has 1 unspecified atom stereocenters. The number of aliphatic hydroxyl groups is 2. The lowest BCUT2D eigenvalue weighted by molar-refractivity contribution is -0.143. The molecule has 0 aliphatic carbocycles. The summed E-state index contributed by atoms with van der Waals surface area (Å²) in [5, 5.41) is 25.6. The van der Waals surface area contributed by atoms with Gasteiger partial charge in [-0.15, -0.1) is 0 Å². The van der Waals surface area contributed by atoms with Crippen molar-refractivity contribution in [2.75, 3.05) is 13.2 Å². The lowest BCUT2D eigenvalue weighted by Crippen LogP contribution is -2.17. The fourth-order valence-electron chi connectivity index (χ4n) is 0.972. The number of unbranched alkanes of at least 4 members (excludes halogenated alkanes) is 2. The normalized spacial score (nSPS) is 12.8. The Bertz CT molecular complexity index is 124. The second-order valence-electron chi connectivity index (χ2n) is 2.79. The number of aliphatic carboxylic acids is 1. The molecule has 3 N–H and O–H groups in total. The topological polar surface area (TPSA) is 77.8 Å². The second kappa shape index (κ2) is 7.06. The molecule has 0 aromatic rings. The lowest BCUT2D eigenvalue weighted by atomic mass is 10.0. The van der Waals surface area contributed by atoms with E-state index < -0.39 is 11.9 Å². The summed E-state index contributed by atoms with van der Waals surface area (Å²) in [6.45, 7) is -0.147. The van der Waals surface area contributed by atoms with Crippen molar-refractivity contribution in [1.29, 1.82) is 0 Å². The summed E-state index contributed by atoms with van der Waals surface area (Å²) in [4.78, 5) is 10.4. The Labute approximate surface area is 71.8 Å². The summed E-state index contributed by atoms with van der Waals surface area (Å²) in [5.74, 6) is -1.58. The van der Waals surface area contributed by atoms with Crippen LogP contribution >= 0.6 is 0 Å². The third kappa shape index (κ3) is 5.09. The summed E-state index contributed by atoms with van der Waals surface area (Å²) < 4.78 is 0. The van der Waals surface area contributed by atoms with E-state index in [0.29, 0.717) is 12.8 Å². The maximum atomic E-state index is 10.4. The van der Waals surface area contributed by atoms with Gasteiger partial charge in [-0.3, -0.25) is 4.79 Å². The van der Waals surface area contributed by atoms with Crippen molar-refractivity contribution in [1.82, 2.24) is 0 Å². The van der Waals surface area contributed by atoms with Crippen molar-refractivity contribution in [3.63, 3.8) is 0 Å². The molecule has 0 aromatic heterocycles. The van der Waals surface area contributed by atoms with Gasteiger partial charge in [0.15, 0.2) is 0 Å². The first-order valence-corrected chi connectivity index (χ1v) is 4.17. The Morgan fingerprint density at radius 3 is 2.25 bits per heavy atom. The number of carboxylic acid groups (broad SMARTS) is 1. The smallest absolute Gasteiger partial charge is 0.308 e. The number of hydrogen-bond donors (Lipinski definition) is 3. The van der Waals surface area contributed by atoms with Crippen LogP contribution in [0.5, 0.6) is 0 Å². The summed E-state index contributed by atoms with van der Waals surface area (Å²) in [6.07, 6.45) is 2.77. The van der Waals surface area contributed by atoms with Crippen molar-refractivity contribution < 1.29 is 20.1 Å². The predicted molar refractivity (Wildman–Crippen MR) is 43.8 cm³/mol. The lowest BCUT2D eigenvalue weighted by Gasteiger charge is -2.07. The van der Waals surface area contributed by atoms with Gasteiger partial charge in [0.1, 0.15) is 0 Å². The average molecular weight is 176 g/mol. The van der Waals surface area contributed by atoms with Crippen molar-refractivity contribution in [3.05, 3.63) is 0 Å². The van der Waals surface area contributed by atoms with Gasteiger partial charge in [0.2, 0.25) is 0 Å². The Morgan fingerprint density at radius 2 is 1.83 bits per heavy atom. The largest absolute Gasteiger partial charge is 0.481 e. The van der Waals surface area contributed by atoms with Crippen molar-refractivity contribution in [2.45, 2.75) is 25.7 Å². The molecule has 1 atom stereocenters. The van der Waals surface area contributed by atoms with Crippen LogP contribution in [0.2, 0.25) is 0 Å². The van der Waals surface area contributed by atoms with Crippen LogP contribution in [0.1, 0.15) is 25.7 Å². The van der Waals surface area contributed by atoms with Gasteiger partial charge in [-0.1, -0.05) is 12.8 Å². The van der Waals surface area contributed by atoms with Gasteiger partial charge in [0.05, 0.1) is 12.5 Å². The molecule has 0 heterocycles. The molecule has 0 radical (unpaired) electrons. The third-order valence-electron chi connectivity index (χ3n) is 1.78. The molecule has 0 aromatic carbocycles. The van der Waals surface area contributed by atoms with E-state index in [2.05, 4.69) is 0 Å². The summed E-state index contributed by atoms with van der Waals surface area (Å²) in [7, 11) is 0. The minimum atomic E-state index is -0.943. The molecule has 0 aliphatic rings. The van der Waals surface area contributed by atoms with Crippen LogP contribution in [0.15, 0.2) is 0 Å². The number of carbonyl (C=O) groups is 1. The molecule has 4 nitrogen and oxygen atoms in total. The molecule has 0 saturated carbocycles. The van der Waals surface area contributed by atoms with E-state index in [-0.39, 0.29) is 13.2 Å². The fourth-order valence-corrected chi connectivity index (χ4v) is 0.972. The van der Waals surface area contributed by atoms with Crippen LogP contribution in [0, 0.1) is 5.92 Å². The van der Waals surface area contributed by atoms with Crippen LogP contribution in [0.4, 0.5) is 0 Å². The molecule has 0 rings (SSSR count). The fraction of sp³-hybridized carbons (Fsp3) is 0.875. The Balaban J connectivity index is 3.38. The van der Waals surface area contributed by atoms with Gasteiger partial charge >= 0.3 is 5.97 Å². The Kier molecular flexibility index (Phi) is 6.70. The Morgan fingerprint density at radius 1 is 1.17 bits per heavy atom. The molecule has 0 spiro atoms. The van der Waals surface area contributed by atoms with E-state index in [1.165, 1.54) is 0 Å². The van der Waals surface area contributed by atoms with Gasteiger partial charge < -0.3 is 15.3 Å². The van der Waals surface area contributed by atoms with Crippen molar-refractivity contribution in [2.24, 2.45) is 5.92 Å². The highest BCUT2D eigenvalue weighted by atomic mass is 16.4. The van der Waals surface area contributed by atoms with Crippen LogP contribution in [0.3, 0.4) is 0 Å². The highest BCUT2D eigenvalue weighted by Gasteiger charge is 2.14. The van der Waals surface area contributed by atoms with E-state index >= 15 is 0 Å². The van der Waals surface area contributed by atoms with Crippen LogP contribution < -0.4 is 0 Å². The van der Waals surface area contributed by atoms with Gasteiger partial charge in [-0.25, -0.2) is 0 Å². The number of hydrogen-bond acceptors (Lipinski definition) is 3. The zero-order valence-corrected chi connectivity index (χ0v) is 7.07. The van der Waals surface area contributed by atoms with Gasteiger partial charge in [0.25, 0.3) is 0 Å². The number of rotatable bonds is 7. The van der Waals surface area contributed by atoms with E-state index in [1.54, 1.807) is 0 Å². The molecule has 72 valence electrons.